The van der Waals surface area contributed by atoms with Crippen molar-refractivity contribution in [3.8, 4) is 0 Å². The Hall–Kier alpha value is -3.85. The number of amides is 2. The summed E-state index contributed by atoms with van der Waals surface area (Å²) in [7, 11) is 0. The van der Waals surface area contributed by atoms with E-state index in [1.807, 2.05) is 18.2 Å². The zero-order valence-corrected chi connectivity index (χ0v) is 18.1. The highest BCUT2D eigenvalue weighted by Gasteiger charge is 2.23. The van der Waals surface area contributed by atoms with E-state index in [1.165, 1.54) is 35.2 Å². The van der Waals surface area contributed by atoms with Crippen molar-refractivity contribution in [1.29, 1.82) is 0 Å². The van der Waals surface area contributed by atoms with Crippen molar-refractivity contribution >= 4 is 44.7 Å². The van der Waals surface area contributed by atoms with Crippen molar-refractivity contribution < 1.29 is 14.0 Å². The first kappa shape index (κ1) is 21.4. The number of fused-ring (bicyclic) bond motifs is 1. The van der Waals surface area contributed by atoms with Gasteiger partial charge in [0.25, 0.3) is 11.5 Å². The van der Waals surface area contributed by atoms with Gasteiger partial charge in [-0.3, -0.25) is 19.0 Å². The quantitative estimate of drug-likeness (QED) is 0.473. The number of hydrogen-bond acceptors (Lipinski definition) is 5. The molecule has 0 spiro atoms. The molecule has 0 aliphatic heterocycles. The third-order valence-corrected chi connectivity index (χ3v) is 6.22. The monoisotopic (exact) mass is 450 g/mol. The number of hydrogen-bond donors (Lipinski definition) is 2. The summed E-state index contributed by atoms with van der Waals surface area (Å²) in [5.74, 6) is -1.19. The average Bonchev–Trinajstić information content (AvgIpc) is 3.13. The molecule has 4 aromatic rings. The Morgan fingerprint density at radius 3 is 2.38 bits per heavy atom. The van der Waals surface area contributed by atoms with Gasteiger partial charge < -0.3 is 10.6 Å². The van der Waals surface area contributed by atoms with Crippen LogP contribution in [0.5, 0.6) is 0 Å². The van der Waals surface area contributed by atoms with E-state index in [4.69, 9.17) is 0 Å². The lowest BCUT2D eigenvalue weighted by atomic mass is 10.2. The standard InChI is InChI=1S/C23H19FN4O3S/c1-13-18-22(32-19(13)21(30)27-16-6-4-3-5-7-16)25-12-28(23(18)31)14(2)20(29)26-17-10-8-15(24)9-11-17/h3-12,14H,1-2H3,(H,26,29)(H,27,30)/t14-/m1/s1. The number of para-hydroxylation sites is 1. The van der Waals surface area contributed by atoms with Gasteiger partial charge in [0.1, 0.15) is 16.7 Å². The lowest BCUT2D eigenvalue weighted by Gasteiger charge is -2.15. The predicted octanol–water partition coefficient (Wildman–Crippen LogP) is 4.36. The molecule has 4 rings (SSSR count). The van der Waals surface area contributed by atoms with Crippen LogP contribution in [-0.4, -0.2) is 21.4 Å². The maximum Gasteiger partial charge on any atom is 0.266 e. The van der Waals surface area contributed by atoms with E-state index in [2.05, 4.69) is 15.6 Å². The molecular weight excluding hydrogens is 431 g/mol. The second-order valence-corrected chi connectivity index (χ2v) is 8.18. The van der Waals surface area contributed by atoms with Gasteiger partial charge in [-0.25, -0.2) is 9.37 Å². The van der Waals surface area contributed by atoms with Crippen LogP contribution in [0, 0.1) is 12.7 Å². The molecule has 162 valence electrons. The number of aromatic nitrogens is 2. The van der Waals surface area contributed by atoms with Crippen molar-refractivity contribution in [2.45, 2.75) is 19.9 Å². The highest BCUT2D eigenvalue weighted by atomic mass is 32.1. The van der Waals surface area contributed by atoms with Crippen molar-refractivity contribution in [1.82, 2.24) is 9.55 Å². The first-order valence-electron chi connectivity index (χ1n) is 9.78. The van der Waals surface area contributed by atoms with Gasteiger partial charge in [0.15, 0.2) is 0 Å². The van der Waals surface area contributed by atoms with Crippen molar-refractivity contribution in [3.63, 3.8) is 0 Å². The highest BCUT2D eigenvalue weighted by molar-refractivity contribution is 7.20. The molecule has 32 heavy (non-hydrogen) atoms. The van der Waals surface area contributed by atoms with Gasteiger partial charge in [0.2, 0.25) is 5.91 Å². The molecule has 7 nitrogen and oxygen atoms in total. The Morgan fingerprint density at radius 2 is 1.69 bits per heavy atom. The number of aryl methyl sites for hydroxylation is 1. The molecule has 2 aromatic carbocycles. The molecule has 0 aliphatic carbocycles. The molecule has 0 fully saturated rings. The maximum absolute atomic E-state index is 13.2. The molecule has 0 radical (unpaired) electrons. The fourth-order valence-corrected chi connectivity index (χ4v) is 4.28. The molecule has 1 atom stereocenters. The van der Waals surface area contributed by atoms with Crippen LogP contribution in [0.25, 0.3) is 10.2 Å². The third kappa shape index (κ3) is 4.15. The molecule has 0 aliphatic rings. The van der Waals surface area contributed by atoms with Gasteiger partial charge in [-0.05, 0) is 55.8 Å². The van der Waals surface area contributed by atoms with Gasteiger partial charge in [-0.1, -0.05) is 18.2 Å². The number of nitrogens with one attached hydrogen (secondary N) is 2. The molecule has 0 bridgehead atoms. The topological polar surface area (TPSA) is 93.1 Å². The molecule has 2 amide bonds. The third-order valence-electron chi connectivity index (χ3n) is 5.02. The van der Waals surface area contributed by atoms with Crippen LogP contribution in [0.2, 0.25) is 0 Å². The zero-order chi connectivity index (χ0) is 22.8. The lowest BCUT2D eigenvalue weighted by Crippen LogP contribution is -2.31. The smallest absolute Gasteiger partial charge is 0.266 e. The average molecular weight is 450 g/mol. The minimum absolute atomic E-state index is 0.303. The summed E-state index contributed by atoms with van der Waals surface area (Å²) in [6, 6.07) is 13.5. The SMILES string of the molecule is Cc1c(C(=O)Nc2ccccc2)sc2ncn([C@H](C)C(=O)Nc3ccc(F)cc3)c(=O)c12. The van der Waals surface area contributed by atoms with Crippen LogP contribution in [0.15, 0.2) is 65.7 Å². The number of nitrogens with zero attached hydrogens (tertiary/aromatic N) is 2. The normalized spacial score (nSPS) is 11.8. The molecule has 0 unspecified atom stereocenters. The Labute approximate surface area is 186 Å². The Morgan fingerprint density at radius 1 is 1.03 bits per heavy atom. The van der Waals surface area contributed by atoms with Gasteiger partial charge in [0, 0.05) is 11.4 Å². The van der Waals surface area contributed by atoms with Crippen molar-refractivity contribution in [2.75, 3.05) is 10.6 Å². The summed E-state index contributed by atoms with van der Waals surface area (Å²) in [5.41, 5.74) is 1.16. The number of anilines is 2. The molecule has 9 heteroatoms. The summed E-state index contributed by atoms with van der Waals surface area (Å²) >= 11 is 1.13. The lowest BCUT2D eigenvalue weighted by molar-refractivity contribution is -0.118. The van der Waals surface area contributed by atoms with E-state index < -0.39 is 23.3 Å². The van der Waals surface area contributed by atoms with Crippen molar-refractivity contribution in [3.05, 3.63) is 87.5 Å². The van der Waals surface area contributed by atoms with Gasteiger partial charge in [-0.15, -0.1) is 11.3 Å². The van der Waals surface area contributed by atoms with E-state index >= 15 is 0 Å². The first-order chi connectivity index (χ1) is 15.3. The minimum atomic E-state index is -0.870. The molecular formula is C23H19FN4O3S. The fourth-order valence-electron chi connectivity index (χ4n) is 3.25. The number of carbonyl (C=O) groups is 2. The number of carbonyl (C=O) groups excluding carboxylic acids is 2. The summed E-state index contributed by atoms with van der Waals surface area (Å²) in [4.78, 5) is 43.6. The number of benzene rings is 2. The summed E-state index contributed by atoms with van der Waals surface area (Å²) in [5, 5.41) is 5.77. The second kappa shape index (κ2) is 8.72. The van der Waals surface area contributed by atoms with Crippen LogP contribution < -0.4 is 16.2 Å². The van der Waals surface area contributed by atoms with Crippen LogP contribution >= 0.6 is 11.3 Å². The van der Waals surface area contributed by atoms with Gasteiger partial charge >= 0.3 is 0 Å². The van der Waals surface area contributed by atoms with E-state index in [1.54, 1.807) is 26.0 Å². The predicted molar refractivity (Wildman–Crippen MR) is 123 cm³/mol. The highest BCUT2D eigenvalue weighted by Crippen LogP contribution is 2.28. The molecule has 0 saturated carbocycles. The van der Waals surface area contributed by atoms with Crippen LogP contribution in [0.3, 0.4) is 0 Å². The summed E-state index contributed by atoms with van der Waals surface area (Å²) < 4.78 is 14.3. The molecule has 2 aromatic heterocycles. The Bertz CT molecular complexity index is 1360. The van der Waals surface area contributed by atoms with Gasteiger partial charge in [0.05, 0.1) is 16.6 Å². The van der Waals surface area contributed by atoms with Crippen LogP contribution in [-0.2, 0) is 4.79 Å². The Kier molecular flexibility index (Phi) is 5.83. The van der Waals surface area contributed by atoms with E-state index in [-0.39, 0.29) is 5.91 Å². The molecule has 2 heterocycles. The second-order valence-electron chi connectivity index (χ2n) is 7.19. The van der Waals surface area contributed by atoms with E-state index in [9.17, 15) is 18.8 Å². The van der Waals surface area contributed by atoms with Crippen LogP contribution in [0.1, 0.15) is 28.2 Å². The largest absolute Gasteiger partial charge is 0.324 e. The van der Waals surface area contributed by atoms with E-state index in [0.29, 0.717) is 32.0 Å². The Balaban J connectivity index is 1.62. The summed E-state index contributed by atoms with van der Waals surface area (Å²) in [6.45, 7) is 3.26. The maximum atomic E-state index is 13.2. The first-order valence-corrected chi connectivity index (χ1v) is 10.6. The number of rotatable bonds is 5. The zero-order valence-electron chi connectivity index (χ0n) is 17.3. The van der Waals surface area contributed by atoms with E-state index in [0.717, 1.165) is 11.3 Å². The molecule has 2 N–H and O–H groups in total. The minimum Gasteiger partial charge on any atom is -0.324 e. The van der Waals surface area contributed by atoms with Crippen molar-refractivity contribution in [2.24, 2.45) is 0 Å². The fraction of sp³-hybridized carbons (Fsp3) is 0.130. The number of halogens is 1. The number of thiophene rings is 1. The molecule has 0 saturated heterocycles. The summed E-state index contributed by atoms with van der Waals surface area (Å²) in [6.07, 6.45) is 1.30. The van der Waals surface area contributed by atoms with Gasteiger partial charge in [-0.2, -0.15) is 0 Å². The van der Waals surface area contributed by atoms with Crippen LogP contribution in [0.4, 0.5) is 15.8 Å².